The number of rotatable bonds is 6. The van der Waals surface area contributed by atoms with Crippen LogP contribution in [0.2, 0.25) is 0 Å². The highest BCUT2D eigenvalue weighted by atomic mass is 16.6. The van der Waals surface area contributed by atoms with E-state index in [0.29, 0.717) is 31.9 Å². The Kier molecular flexibility index (Phi) is 5.47. The Morgan fingerprint density at radius 2 is 1.85 bits per heavy atom. The van der Waals surface area contributed by atoms with Gasteiger partial charge in [-0.15, -0.1) is 0 Å². The number of carbonyl (C=O) groups excluding carboxylic acids is 2. The van der Waals surface area contributed by atoms with Crippen LogP contribution in [0.15, 0.2) is 18.2 Å². The molecule has 0 unspecified atom stereocenters. The number of nitrogens with one attached hydrogen (secondary N) is 1. The molecule has 4 N–H and O–H groups in total. The Hall–Kier alpha value is -2.85. The smallest absolute Gasteiger partial charge is 0.336 e. The number of hydrogen-bond donors (Lipinski definition) is 4. The lowest BCUT2D eigenvalue weighted by molar-refractivity contribution is -0.140. The largest absolute Gasteiger partial charge is 0.504 e. The molecule has 2 amide bonds. The van der Waals surface area contributed by atoms with Crippen molar-refractivity contribution in [3.63, 3.8) is 0 Å². The quantitative estimate of drug-likeness (QED) is 0.356. The number of phenols is 2. The number of morpholine rings is 1. The van der Waals surface area contributed by atoms with E-state index in [4.69, 9.17) is 14.6 Å². The van der Waals surface area contributed by atoms with E-state index in [9.17, 15) is 24.6 Å². The highest BCUT2D eigenvalue weighted by Gasteiger charge is 2.51. The van der Waals surface area contributed by atoms with Gasteiger partial charge in [-0.3, -0.25) is 9.59 Å². The topological polar surface area (TPSA) is 149 Å². The molecule has 146 valence electrons. The molecule has 3 atom stereocenters. The van der Waals surface area contributed by atoms with Gasteiger partial charge in [-0.05, 0) is 17.7 Å². The third-order valence-corrected chi connectivity index (χ3v) is 4.41. The van der Waals surface area contributed by atoms with Crippen LogP contribution in [0.25, 0.3) is 0 Å². The van der Waals surface area contributed by atoms with Gasteiger partial charge in [0.05, 0.1) is 13.2 Å². The lowest BCUT2D eigenvalue weighted by Crippen LogP contribution is -2.53. The fourth-order valence-electron chi connectivity index (χ4n) is 2.89. The molecule has 2 fully saturated rings. The number of epoxide rings is 1. The molecule has 0 aliphatic carbocycles. The third kappa shape index (κ3) is 4.47. The Morgan fingerprint density at radius 3 is 2.44 bits per heavy atom. The monoisotopic (exact) mass is 380 g/mol. The fourth-order valence-corrected chi connectivity index (χ4v) is 2.89. The summed E-state index contributed by atoms with van der Waals surface area (Å²) in [6, 6.07) is 3.13. The predicted molar refractivity (Wildman–Crippen MR) is 89.1 cm³/mol. The number of benzene rings is 1. The van der Waals surface area contributed by atoms with Crippen LogP contribution in [0.4, 0.5) is 0 Å². The van der Waals surface area contributed by atoms with E-state index < -0.39 is 30.1 Å². The van der Waals surface area contributed by atoms with Gasteiger partial charge in [-0.1, -0.05) is 6.07 Å². The van der Waals surface area contributed by atoms with E-state index in [1.807, 2.05) is 0 Å². The molecule has 3 rings (SSSR count). The second-order valence-electron chi connectivity index (χ2n) is 6.34. The molecule has 0 bridgehead atoms. The second kappa shape index (κ2) is 7.80. The Bertz CT molecular complexity index is 746. The number of phenolic OH excluding ortho intramolecular Hbond substituents is 2. The summed E-state index contributed by atoms with van der Waals surface area (Å²) in [5.74, 6) is -2.90. The molecule has 2 heterocycles. The fraction of sp³-hybridized carbons (Fsp3) is 0.471. The molecule has 2 saturated heterocycles. The zero-order valence-corrected chi connectivity index (χ0v) is 14.3. The van der Waals surface area contributed by atoms with Gasteiger partial charge in [0.25, 0.3) is 5.91 Å². The van der Waals surface area contributed by atoms with Gasteiger partial charge < -0.3 is 35.0 Å². The Balaban J connectivity index is 1.73. The molecule has 0 aromatic heterocycles. The van der Waals surface area contributed by atoms with E-state index in [0.717, 1.165) is 0 Å². The van der Waals surface area contributed by atoms with Gasteiger partial charge in [0.2, 0.25) is 5.91 Å². The molecule has 2 aliphatic heterocycles. The number of nitrogens with zero attached hydrogens (tertiary/aromatic N) is 1. The number of ether oxygens (including phenoxy) is 2. The molecule has 0 saturated carbocycles. The molecule has 27 heavy (non-hydrogen) atoms. The van der Waals surface area contributed by atoms with Crippen molar-refractivity contribution in [2.75, 3.05) is 26.3 Å². The van der Waals surface area contributed by atoms with Crippen molar-refractivity contribution in [3.05, 3.63) is 23.8 Å². The molecular formula is C17H20N2O8. The molecule has 0 radical (unpaired) electrons. The minimum Gasteiger partial charge on any atom is -0.504 e. The zero-order valence-electron chi connectivity index (χ0n) is 14.3. The lowest BCUT2D eigenvalue weighted by atomic mass is 10.0. The SMILES string of the molecule is O=C(O)[C@H]1O[C@@H]1C(=O)N[C@@H](Cc1ccc(O)c(O)c1)C(=O)N1CCOCC1. The maximum Gasteiger partial charge on any atom is 0.336 e. The van der Waals surface area contributed by atoms with Crippen molar-refractivity contribution in [1.82, 2.24) is 10.2 Å². The van der Waals surface area contributed by atoms with Crippen LogP contribution >= 0.6 is 0 Å². The van der Waals surface area contributed by atoms with E-state index >= 15 is 0 Å². The summed E-state index contributed by atoms with van der Waals surface area (Å²) >= 11 is 0. The summed E-state index contributed by atoms with van der Waals surface area (Å²) in [5.41, 5.74) is 0.517. The number of amides is 2. The maximum atomic E-state index is 12.8. The normalized spacial score (nSPS) is 22.7. The highest BCUT2D eigenvalue weighted by molar-refractivity contribution is 5.95. The van der Waals surface area contributed by atoms with Crippen LogP contribution in [0.1, 0.15) is 5.56 Å². The van der Waals surface area contributed by atoms with Gasteiger partial charge in [0.1, 0.15) is 6.04 Å². The molecule has 0 spiro atoms. The number of carbonyl (C=O) groups is 3. The zero-order chi connectivity index (χ0) is 19.6. The van der Waals surface area contributed by atoms with Crippen molar-refractivity contribution in [2.24, 2.45) is 0 Å². The lowest BCUT2D eigenvalue weighted by Gasteiger charge is -2.30. The van der Waals surface area contributed by atoms with Gasteiger partial charge in [-0.25, -0.2) is 4.79 Å². The molecule has 2 aliphatic rings. The summed E-state index contributed by atoms with van der Waals surface area (Å²) in [7, 11) is 0. The highest BCUT2D eigenvalue weighted by Crippen LogP contribution is 2.26. The first-order valence-corrected chi connectivity index (χ1v) is 8.43. The molecule has 10 nitrogen and oxygen atoms in total. The van der Waals surface area contributed by atoms with Gasteiger partial charge in [0, 0.05) is 19.5 Å². The summed E-state index contributed by atoms with van der Waals surface area (Å²) in [4.78, 5) is 37.5. The van der Waals surface area contributed by atoms with Crippen molar-refractivity contribution in [2.45, 2.75) is 24.7 Å². The number of carboxylic acids is 1. The average Bonchev–Trinajstić information content (AvgIpc) is 3.45. The predicted octanol–water partition coefficient (Wildman–Crippen LogP) is -1.16. The van der Waals surface area contributed by atoms with Gasteiger partial charge in [0.15, 0.2) is 23.7 Å². The summed E-state index contributed by atoms with van der Waals surface area (Å²) in [5, 5.41) is 30.5. The maximum absolute atomic E-state index is 12.8. The van der Waals surface area contributed by atoms with Crippen LogP contribution in [-0.4, -0.2) is 82.6 Å². The van der Waals surface area contributed by atoms with Crippen molar-refractivity contribution >= 4 is 17.8 Å². The summed E-state index contributed by atoms with van der Waals surface area (Å²) in [6.07, 6.45) is -2.28. The van der Waals surface area contributed by atoms with Crippen molar-refractivity contribution < 1.29 is 39.2 Å². The minimum atomic E-state index is -1.24. The van der Waals surface area contributed by atoms with Crippen LogP contribution in [0.3, 0.4) is 0 Å². The van der Waals surface area contributed by atoms with Crippen LogP contribution in [0.5, 0.6) is 11.5 Å². The standard InChI is InChI=1S/C17H20N2O8/c20-11-2-1-9(8-12(11)21)7-10(16(23)19-3-5-26-6-4-19)18-15(22)13-14(27-13)17(24)25/h1-2,8,10,13-14,20-21H,3-7H2,(H,18,22)(H,24,25)/t10-,13-,14-/m0/s1. The van der Waals surface area contributed by atoms with E-state index in [1.165, 1.54) is 18.2 Å². The summed E-state index contributed by atoms with van der Waals surface area (Å²) < 4.78 is 10.0. The second-order valence-corrected chi connectivity index (χ2v) is 6.34. The van der Waals surface area contributed by atoms with E-state index in [2.05, 4.69) is 5.32 Å². The molecule has 10 heteroatoms. The van der Waals surface area contributed by atoms with Gasteiger partial charge in [-0.2, -0.15) is 0 Å². The summed E-state index contributed by atoms with van der Waals surface area (Å²) in [6.45, 7) is 1.53. The molecule has 1 aromatic carbocycles. The average molecular weight is 380 g/mol. The number of hydrogen-bond acceptors (Lipinski definition) is 7. The third-order valence-electron chi connectivity index (χ3n) is 4.41. The molecular weight excluding hydrogens is 360 g/mol. The molecule has 1 aromatic rings. The van der Waals surface area contributed by atoms with Crippen LogP contribution in [-0.2, 0) is 30.3 Å². The van der Waals surface area contributed by atoms with Crippen molar-refractivity contribution in [3.8, 4) is 11.5 Å². The first-order valence-electron chi connectivity index (χ1n) is 8.43. The van der Waals surface area contributed by atoms with Gasteiger partial charge >= 0.3 is 5.97 Å². The van der Waals surface area contributed by atoms with Crippen LogP contribution < -0.4 is 5.32 Å². The number of aliphatic carboxylic acids is 1. The Labute approximate surface area is 154 Å². The first-order chi connectivity index (χ1) is 12.9. The first kappa shape index (κ1) is 18.9. The van der Waals surface area contributed by atoms with Crippen LogP contribution in [0, 0.1) is 0 Å². The Morgan fingerprint density at radius 1 is 1.15 bits per heavy atom. The number of carboxylic acid groups (broad SMARTS) is 1. The van der Waals surface area contributed by atoms with E-state index in [-0.39, 0.29) is 23.8 Å². The minimum absolute atomic E-state index is 0.0558. The van der Waals surface area contributed by atoms with Crippen molar-refractivity contribution in [1.29, 1.82) is 0 Å². The number of aromatic hydroxyl groups is 2. The van der Waals surface area contributed by atoms with E-state index in [1.54, 1.807) is 4.90 Å².